The first kappa shape index (κ1) is 10.1. The highest BCUT2D eigenvalue weighted by Crippen LogP contribution is 2.30. The monoisotopic (exact) mass is 364 g/mol. The van der Waals surface area contributed by atoms with Crippen LogP contribution in [0.15, 0.2) is 22.7 Å². The first-order chi connectivity index (χ1) is 5.11. The molecule has 0 radical (unpaired) electrons. The van der Waals surface area contributed by atoms with Crippen molar-refractivity contribution in [3.8, 4) is 0 Å². The summed E-state index contributed by atoms with van der Waals surface area (Å²) < 4.78 is 2.08. The molecule has 0 N–H and O–H groups in total. The molecule has 11 heavy (non-hydrogen) atoms. The summed E-state index contributed by atoms with van der Waals surface area (Å²) in [5.74, 6) is 0. The first-order valence-electron chi connectivity index (χ1n) is 2.84. The van der Waals surface area contributed by atoms with Gasteiger partial charge in [0.2, 0.25) is 0 Å². The second kappa shape index (κ2) is 4.30. The average Bonchev–Trinajstić information content (AvgIpc) is 1.94. The lowest BCUT2D eigenvalue weighted by Gasteiger charge is -2.04. The maximum atomic E-state index is 5.72. The molecule has 0 saturated heterocycles. The molecule has 0 aliphatic carbocycles. The standard InChI is InChI=1S/C7H4BrCl2I/c8-4-1-2-6(11)5(3-4)7(9)10/h1-3,7H. The Labute approximate surface area is 97.5 Å². The summed E-state index contributed by atoms with van der Waals surface area (Å²) in [6.45, 7) is 0. The van der Waals surface area contributed by atoms with Crippen LogP contribution in [0.1, 0.15) is 10.4 Å². The van der Waals surface area contributed by atoms with Crippen molar-refractivity contribution in [1.82, 2.24) is 0 Å². The number of benzene rings is 1. The first-order valence-corrected chi connectivity index (χ1v) is 5.59. The van der Waals surface area contributed by atoms with E-state index in [1.807, 2.05) is 18.2 Å². The molecule has 0 spiro atoms. The number of rotatable bonds is 1. The minimum Gasteiger partial charge on any atom is -0.100 e. The number of halogens is 4. The van der Waals surface area contributed by atoms with E-state index in [1.165, 1.54) is 0 Å². The lowest BCUT2D eigenvalue weighted by Crippen LogP contribution is -1.86. The Bertz CT molecular complexity index is 263. The van der Waals surface area contributed by atoms with Crippen LogP contribution in [0.3, 0.4) is 0 Å². The zero-order valence-electron chi connectivity index (χ0n) is 5.32. The molecule has 60 valence electrons. The van der Waals surface area contributed by atoms with E-state index in [0.29, 0.717) is 0 Å². The number of alkyl halides is 2. The van der Waals surface area contributed by atoms with Gasteiger partial charge >= 0.3 is 0 Å². The lowest BCUT2D eigenvalue weighted by molar-refractivity contribution is 1.31. The topological polar surface area (TPSA) is 0 Å². The predicted octanol–water partition coefficient (Wildman–Crippen LogP) is 4.53. The van der Waals surface area contributed by atoms with E-state index in [2.05, 4.69) is 38.5 Å². The molecule has 4 heteroatoms. The molecule has 0 aliphatic rings. The molecule has 0 bridgehead atoms. The van der Waals surface area contributed by atoms with Gasteiger partial charge in [-0.15, -0.1) is 23.2 Å². The summed E-state index contributed by atoms with van der Waals surface area (Å²) in [7, 11) is 0. The molecule has 0 saturated carbocycles. The largest absolute Gasteiger partial charge is 0.133 e. The van der Waals surface area contributed by atoms with Crippen molar-refractivity contribution < 1.29 is 0 Å². The van der Waals surface area contributed by atoms with Gasteiger partial charge in [0.05, 0.1) is 0 Å². The smallest absolute Gasteiger partial charge is 0.100 e. The molecule has 1 aromatic carbocycles. The summed E-state index contributed by atoms with van der Waals surface area (Å²) in [6.07, 6.45) is 0. The fourth-order valence-corrected chi connectivity index (χ4v) is 2.44. The molecule has 0 amide bonds. The third kappa shape index (κ3) is 2.76. The van der Waals surface area contributed by atoms with Gasteiger partial charge in [-0.2, -0.15) is 0 Å². The van der Waals surface area contributed by atoms with E-state index in [4.69, 9.17) is 23.2 Å². The van der Waals surface area contributed by atoms with Gasteiger partial charge in [-0.05, 0) is 46.4 Å². The Morgan fingerprint density at radius 2 is 2.00 bits per heavy atom. The highest BCUT2D eigenvalue weighted by atomic mass is 127. The van der Waals surface area contributed by atoms with Crippen molar-refractivity contribution in [2.45, 2.75) is 4.84 Å². The fraction of sp³-hybridized carbons (Fsp3) is 0.143. The molecule has 0 atom stereocenters. The zero-order chi connectivity index (χ0) is 8.43. The van der Waals surface area contributed by atoms with Crippen molar-refractivity contribution in [2.75, 3.05) is 0 Å². The highest BCUT2D eigenvalue weighted by Gasteiger charge is 2.07. The number of hydrogen-bond donors (Lipinski definition) is 0. The van der Waals surface area contributed by atoms with Gasteiger partial charge in [0.15, 0.2) is 0 Å². The molecular weight excluding hydrogens is 362 g/mol. The third-order valence-electron chi connectivity index (χ3n) is 1.19. The van der Waals surface area contributed by atoms with Crippen LogP contribution in [0.5, 0.6) is 0 Å². The van der Waals surface area contributed by atoms with Crippen LogP contribution < -0.4 is 0 Å². The minimum atomic E-state index is -0.445. The van der Waals surface area contributed by atoms with Crippen molar-refractivity contribution in [2.24, 2.45) is 0 Å². The van der Waals surface area contributed by atoms with Gasteiger partial charge in [0.25, 0.3) is 0 Å². The molecule has 1 rings (SSSR count). The van der Waals surface area contributed by atoms with Gasteiger partial charge in [0, 0.05) is 8.04 Å². The summed E-state index contributed by atoms with van der Waals surface area (Å²) in [5, 5.41) is 0. The van der Waals surface area contributed by atoms with E-state index >= 15 is 0 Å². The van der Waals surface area contributed by atoms with E-state index in [-0.39, 0.29) is 0 Å². The van der Waals surface area contributed by atoms with Crippen LogP contribution >= 0.6 is 61.7 Å². The minimum absolute atomic E-state index is 0.445. The molecule has 0 aromatic heterocycles. The Kier molecular flexibility index (Phi) is 3.95. The van der Waals surface area contributed by atoms with Gasteiger partial charge in [-0.1, -0.05) is 15.9 Å². The molecule has 0 unspecified atom stereocenters. The zero-order valence-corrected chi connectivity index (χ0v) is 10.6. The molecule has 0 heterocycles. The van der Waals surface area contributed by atoms with Crippen LogP contribution in [0.2, 0.25) is 0 Å². The second-order valence-corrected chi connectivity index (χ2v) is 5.14. The Balaban J connectivity index is 3.13. The normalized spacial score (nSPS) is 10.6. The molecule has 0 aliphatic heterocycles. The van der Waals surface area contributed by atoms with Gasteiger partial charge in [-0.25, -0.2) is 0 Å². The van der Waals surface area contributed by atoms with Gasteiger partial charge < -0.3 is 0 Å². The van der Waals surface area contributed by atoms with E-state index in [0.717, 1.165) is 13.6 Å². The van der Waals surface area contributed by atoms with Crippen LogP contribution in [0.25, 0.3) is 0 Å². The third-order valence-corrected chi connectivity index (χ3v) is 3.14. The Hall–Kier alpha value is 1.01. The van der Waals surface area contributed by atoms with Crippen LogP contribution in [-0.2, 0) is 0 Å². The SMILES string of the molecule is ClC(Cl)c1cc(Br)ccc1I. The number of hydrogen-bond acceptors (Lipinski definition) is 0. The highest BCUT2D eigenvalue weighted by molar-refractivity contribution is 14.1. The van der Waals surface area contributed by atoms with Crippen molar-refractivity contribution in [3.63, 3.8) is 0 Å². The van der Waals surface area contributed by atoms with Gasteiger partial charge in [0.1, 0.15) is 4.84 Å². The maximum absolute atomic E-state index is 5.72. The summed E-state index contributed by atoms with van der Waals surface area (Å²) in [6, 6.07) is 5.85. The lowest BCUT2D eigenvalue weighted by atomic mass is 10.2. The van der Waals surface area contributed by atoms with Crippen molar-refractivity contribution in [3.05, 3.63) is 31.8 Å². The second-order valence-electron chi connectivity index (χ2n) is 1.97. The average molecular weight is 366 g/mol. The van der Waals surface area contributed by atoms with Crippen LogP contribution in [0.4, 0.5) is 0 Å². The van der Waals surface area contributed by atoms with E-state index < -0.39 is 4.84 Å². The van der Waals surface area contributed by atoms with E-state index in [1.54, 1.807) is 0 Å². The molecular formula is C7H4BrCl2I. The quantitative estimate of drug-likeness (QED) is 0.506. The molecule has 0 fully saturated rings. The molecule has 0 nitrogen and oxygen atoms in total. The van der Waals surface area contributed by atoms with Crippen LogP contribution in [-0.4, -0.2) is 0 Å². The van der Waals surface area contributed by atoms with Crippen LogP contribution in [0, 0.1) is 3.57 Å². The Morgan fingerprint density at radius 1 is 1.36 bits per heavy atom. The maximum Gasteiger partial charge on any atom is 0.133 e. The summed E-state index contributed by atoms with van der Waals surface area (Å²) in [5.41, 5.74) is 0.948. The van der Waals surface area contributed by atoms with Crippen molar-refractivity contribution in [1.29, 1.82) is 0 Å². The van der Waals surface area contributed by atoms with E-state index in [9.17, 15) is 0 Å². The summed E-state index contributed by atoms with van der Waals surface area (Å²) in [4.78, 5) is -0.445. The fourth-order valence-electron chi connectivity index (χ4n) is 0.682. The Morgan fingerprint density at radius 3 is 2.45 bits per heavy atom. The molecule has 1 aromatic rings. The summed E-state index contributed by atoms with van der Waals surface area (Å²) >= 11 is 17.0. The van der Waals surface area contributed by atoms with Crippen molar-refractivity contribution >= 4 is 61.7 Å². The predicted molar refractivity (Wildman–Crippen MR) is 61.3 cm³/mol. The van der Waals surface area contributed by atoms with Gasteiger partial charge in [-0.3, -0.25) is 0 Å².